The van der Waals surface area contributed by atoms with Crippen LogP contribution in [0, 0.1) is 23.7 Å². The number of benzene rings is 1. The molecule has 12 heteroatoms. The molecule has 0 unspecified atom stereocenters. The Bertz CT molecular complexity index is 1860. The van der Waals surface area contributed by atoms with Crippen LogP contribution in [0.3, 0.4) is 0 Å². The van der Waals surface area contributed by atoms with Gasteiger partial charge < -0.3 is 14.6 Å². The number of likely N-dealkylation sites (tertiary alicyclic amines) is 1. The van der Waals surface area contributed by atoms with Gasteiger partial charge in [-0.15, -0.1) is 0 Å². The van der Waals surface area contributed by atoms with Crippen molar-refractivity contribution in [2.45, 2.75) is 134 Å². The number of Topliss-reactive ketones (excluding diaryl/α,β-unsaturated/α-hetero) is 1. The lowest BCUT2D eigenvalue weighted by Gasteiger charge is -2.60. The van der Waals surface area contributed by atoms with Crippen molar-refractivity contribution in [1.82, 2.24) is 24.8 Å². The Morgan fingerprint density at radius 2 is 1.64 bits per heavy atom. The van der Waals surface area contributed by atoms with Gasteiger partial charge in [0.05, 0.1) is 30.3 Å². The number of ketones is 1. The molecule has 6 aliphatic rings. The van der Waals surface area contributed by atoms with Crippen LogP contribution in [0.2, 0.25) is 0 Å². The van der Waals surface area contributed by atoms with Crippen LogP contribution >= 0.6 is 0 Å². The quantitative estimate of drug-likeness (QED) is 0.198. The number of ether oxygens (including phenoxy) is 1. The van der Waals surface area contributed by atoms with Gasteiger partial charge in [-0.05, 0) is 113 Å². The monoisotopic (exact) mass is 737 g/mol. The van der Waals surface area contributed by atoms with Crippen molar-refractivity contribution >= 4 is 22.6 Å². The lowest BCUT2D eigenvalue weighted by molar-refractivity contribution is -0.151. The van der Waals surface area contributed by atoms with Gasteiger partial charge in [-0.2, -0.15) is 8.78 Å². The van der Waals surface area contributed by atoms with E-state index in [9.17, 15) is 18.4 Å². The fourth-order valence-electron chi connectivity index (χ4n) is 11.1. The Balaban J connectivity index is 1.08. The van der Waals surface area contributed by atoms with Crippen molar-refractivity contribution in [3.8, 4) is 17.1 Å². The Labute approximate surface area is 308 Å². The zero-order chi connectivity index (χ0) is 37.4. The molecule has 1 N–H and O–H groups in total. The maximum Gasteiger partial charge on any atom is 0.287 e. The molecule has 3 heterocycles. The molecule has 1 amide bonds. The van der Waals surface area contributed by atoms with Crippen LogP contribution < -0.4 is 10.1 Å². The third kappa shape index (κ3) is 6.44. The Kier molecular flexibility index (Phi) is 9.17. The summed E-state index contributed by atoms with van der Waals surface area (Å²) in [6.45, 7) is 6.15. The van der Waals surface area contributed by atoms with Crippen LogP contribution in [0.5, 0.6) is 5.75 Å². The highest BCUT2D eigenvalue weighted by atomic mass is 19.3. The third-order valence-corrected chi connectivity index (χ3v) is 13.5. The maximum atomic E-state index is 15.5. The molecule has 0 radical (unpaired) electrons. The number of nitrogens with one attached hydrogen (secondary N) is 1. The molecule has 1 saturated heterocycles. The van der Waals surface area contributed by atoms with E-state index in [-0.39, 0.29) is 60.3 Å². The normalized spacial score (nSPS) is 30.8. The molecule has 8 nitrogen and oxygen atoms in total. The topological polar surface area (TPSA) is 89.3 Å². The molecular weight excluding hydrogens is 686 g/mol. The van der Waals surface area contributed by atoms with E-state index in [0.717, 1.165) is 82.0 Å². The summed E-state index contributed by atoms with van der Waals surface area (Å²) in [7, 11) is 0. The summed E-state index contributed by atoms with van der Waals surface area (Å²) in [4.78, 5) is 38.2. The highest BCUT2D eigenvalue weighted by Crippen LogP contribution is 2.58. The van der Waals surface area contributed by atoms with Crippen molar-refractivity contribution in [1.29, 1.82) is 0 Å². The van der Waals surface area contributed by atoms with Crippen LogP contribution in [-0.2, 0) is 10.7 Å². The van der Waals surface area contributed by atoms with E-state index in [1.165, 1.54) is 19.5 Å². The Hall–Kier alpha value is -3.54. The number of hydrogen-bond acceptors (Lipinski definition) is 6. The summed E-state index contributed by atoms with van der Waals surface area (Å²) in [5.41, 5.74) is -0.597. The SMILES string of the molecule is CCC(CC)n1cc(-c2ncc(C(=O)NC3(C(C)=O)C4CC5CC(C4)CC3C5)c(C(C)(F)F)n2)c2ccc(OC3CCC(N4CC(F)(F)C4)CC3)cc21. The van der Waals surface area contributed by atoms with Crippen LogP contribution in [0.4, 0.5) is 17.6 Å². The number of aromatic nitrogens is 3. The molecule has 2 aromatic heterocycles. The number of hydrogen-bond donors (Lipinski definition) is 1. The molecule has 4 bridgehead atoms. The van der Waals surface area contributed by atoms with Crippen molar-refractivity contribution in [3.05, 3.63) is 41.9 Å². The summed E-state index contributed by atoms with van der Waals surface area (Å²) in [6, 6.07) is 6.03. The molecule has 0 atom stereocenters. The van der Waals surface area contributed by atoms with Gasteiger partial charge in [0, 0.05) is 48.4 Å². The van der Waals surface area contributed by atoms with Gasteiger partial charge in [0.2, 0.25) is 0 Å². The van der Waals surface area contributed by atoms with Gasteiger partial charge in [-0.25, -0.2) is 18.7 Å². The van der Waals surface area contributed by atoms with E-state index in [2.05, 4.69) is 33.7 Å². The fourth-order valence-corrected chi connectivity index (χ4v) is 11.1. The molecule has 53 heavy (non-hydrogen) atoms. The molecule has 9 rings (SSSR count). The summed E-state index contributed by atoms with van der Waals surface area (Å²) < 4.78 is 66.4. The second-order valence-corrected chi connectivity index (χ2v) is 16.9. The van der Waals surface area contributed by atoms with Crippen LogP contribution in [0.1, 0.15) is 120 Å². The number of fused-ring (bicyclic) bond motifs is 1. The summed E-state index contributed by atoms with van der Waals surface area (Å²) in [5, 5.41) is 3.81. The van der Waals surface area contributed by atoms with Gasteiger partial charge in [-0.3, -0.25) is 14.5 Å². The molecule has 5 aliphatic carbocycles. The molecule has 286 valence electrons. The van der Waals surface area contributed by atoms with Crippen molar-refractivity contribution < 1.29 is 31.9 Å². The smallest absolute Gasteiger partial charge is 0.287 e. The average molecular weight is 738 g/mol. The molecule has 6 fully saturated rings. The molecule has 0 spiro atoms. The molecule has 1 aromatic carbocycles. The van der Waals surface area contributed by atoms with Gasteiger partial charge in [0.15, 0.2) is 11.6 Å². The lowest BCUT2D eigenvalue weighted by Crippen LogP contribution is -2.69. The Morgan fingerprint density at radius 1 is 1.00 bits per heavy atom. The average Bonchev–Trinajstić information content (AvgIpc) is 3.47. The predicted octanol–water partition coefficient (Wildman–Crippen LogP) is 8.73. The van der Waals surface area contributed by atoms with Gasteiger partial charge in [-0.1, -0.05) is 13.8 Å². The minimum Gasteiger partial charge on any atom is -0.490 e. The van der Waals surface area contributed by atoms with Crippen LogP contribution in [0.15, 0.2) is 30.6 Å². The molecule has 1 aliphatic heterocycles. The standard InChI is InChI=1S/C41H51F4N5O3/c1-5-28(6-2)50-20-34(32-12-11-31(18-35(32)50)53-30-9-7-29(8-10-30)49-21-40(44,45)22-49)37-46-19-33(36(47-37)39(4,42)43)38(52)48-41(23(3)51)26-14-24-13-25(16-26)17-27(41)15-24/h11-12,18-20,24-30H,5-10,13-17,21-22H2,1-4H3,(H,48,52). The molecule has 5 saturated carbocycles. The number of nitrogens with zero attached hydrogens (tertiary/aromatic N) is 4. The summed E-state index contributed by atoms with van der Waals surface area (Å²) >= 11 is 0. The highest BCUT2D eigenvalue weighted by molar-refractivity contribution is 6.01. The second kappa shape index (κ2) is 13.3. The van der Waals surface area contributed by atoms with Gasteiger partial charge in [0.1, 0.15) is 17.0 Å². The van der Waals surface area contributed by atoms with Crippen LogP contribution in [0.25, 0.3) is 22.3 Å². The number of amides is 1. The first-order valence-electron chi connectivity index (χ1n) is 19.7. The number of carbonyl (C=O) groups excluding carboxylic acids is 2. The van der Waals surface area contributed by atoms with E-state index in [1.807, 2.05) is 29.3 Å². The van der Waals surface area contributed by atoms with Crippen LogP contribution in [-0.4, -0.2) is 67.8 Å². The summed E-state index contributed by atoms with van der Waals surface area (Å²) in [6.07, 6.45) is 12.6. The number of halogens is 4. The van der Waals surface area contributed by atoms with Crippen molar-refractivity contribution in [2.75, 3.05) is 13.1 Å². The van der Waals surface area contributed by atoms with E-state index >= 15 is 8.78 Å². The highest BCUT2D eigenvalue weighted by Gasteiger charge is 2.60. The second-order valence-electron chi connectivity index (χ2n) is 16.9. The summed E-state index contributed by atoms with van der Waals surface area (Å²) in [5.74, 6) is -4.96. The third-order valence-electron chi connectivity index (χ3n) is 13.5. The van der Waals surface area contributed by atoms with E-state index in [1.54, 1.807) is 0 Å². The molecule has 3 aromatic rings. The minimum absolute atomic E-state index is 0.00674. The zero-order valence-corrected chi connectivity index (χ0v) is 31.1. The van der Waals surface area contributed by atoms with Crippen molar-refractivity contribution in [2.24, 2.45) is 23.7 Å². The maximum absolute atomic E-state index is 15.5. The number of alkyl halides is 4. The van der Waals surface area contributed by atoms with Gasteiger partial charge >= 0.3 is 0 Å². The minimum atomic E-state index is -3.46. The lowest BCUT2D eigenvalue weighted by atomic mass is 9.47. The number of carbonyl (C=O) groups is 2. The number of rotatable bonds is 11. The van der Waals surface area contributed by atoms with Gasteiger partial charge in [0.25, 0.3) is 17.8 Å². The largest absolute Gasteiger partial charge is 0.490 e. The first-order valence-corrected chi connectivity index (χ1v) is 19.7. The van der Waals surface area contributed by atoms with E-state index < -0.39 is 29.0 Å². The Morgan fingerprint density at radius 3 is 2.21 bits per heavy atom. The predicted molar refractivity (Wildman–Crippen MR) is 193 cm³/mol. The van der Waals surface area contributed by atoms with Crippen molar-refractivity contribution in [3.63, 3.8) is 0 Å². The van der Waals surface area contributed by atoms with E-state index in [0.29, 0.717) is 23.1 Å². The zero-order valence-electron chi connectivity index (χ0n) is 31.1. The molecular formula is C41H51F4N5O3. The van der Waals surface area contributed by atoms with E-state index in [4.69, 9.17) is 4.74 Å². The first kappa shape index (κ1) is 36.4. The fraction of sp³-hybridized carbons (Fsp3) is 0.659. The first-order chi connectivity index (χ1) is 25.2.